The molecule has 0 spiro atoms. The Hall–Kier alpha value is -2.47. The highest BCUT2D eigenvalue weighted by Crippen LogP contribution is 2.16. The highest BCUT2D eigenvalue weighted by molar-refractivity contribution is 7.15. The van der Waals surface area contributed by atoms with E-state index in [0.29, 0.717) is 11.4 Å². The molecule has 0 saturated heterocycles. The zero-order valence-corrected chi connectivity index (χ0v) is 13.1. The van der Waals surface area contributed by atoms with E-state index in [9.17, 15) is 9.59 Å². The predicted octanol–water partition coefficient (Wildman–Crippen LogP) is 2.59. The fraction of sp³-hybridized carbons (Fsp3) is 0.188. The highest BCUT2D eigenvalue weighted by Gasteiger charge is 2.19. The summed E-state index contributed by atoms with van der Waals surface area (Å²) in [7, 11) is 1.65. The van der Waals surface area contributed by atoms with Crippen molar-refractivity contribution in [2.75, 3.05) is 11.9 Å². The molecule has 2 aromatic heterocycles. The maximum absolute atomic E-state index is 12.6. The molecule has 0 radical (unpaired) electrons. The lowest BCUT2D eigenvalue weighted by molar-refractivity contribution is 0.0991. The van der Waals surface area contributed by atoms with Crippen LogP contribution in [0.4, 0.5) is 5.69 Å². The van der Waals surface area contributed by atoms with Crippen LogP contribution in [0.3, 0.4) is 0 Å². The molecule has 0 saturated carbocycles. The minimum absolute atomic E-state index is 0.0805. The van der Waals surface area contributed by atoms with E-state index in [-0.39, 0.29) is 17.0 Å². The van der Waals surface area contributed by atoms with Gasteiger partial charge in [-0.3, -0.25) is 14.0 Å². The summed E-state index contributed by atoms with van der Waals surface area (Å²) in [5, 5.41) is 1.90. The molecule has 3 aromatic rings. The minimum Gasteiger partial charge on any atom is -0.311 e. The fourth-order valence-electron chi connectivity index (χ4n) is 2.29. The molecule has 0 aliphatic rings. The Bertz CT molecular complexity index is 883. The van der Waals surface area contributed by atoms with Crippen LogP contribution in [0, 0.1) is 0 Å². The Kier molecular flexibility index (Phi) is 3.77. The van der Waals surface area contributed by atoms with Crippen molar-refractivity contribution in [3.63, 3.8) is 0 Å². The van der Waals surface area contributed by atoms with Crippen molar-refractivity contribution in [3.05, 3.63) is 63.5 Å². The lowest BCUT2D eigenvalue weighted by atomic mass is 10.2. The summed E-state index contributed by atoms with van der Waals surface area (Å²) < 4.78 is 1.52. The Morgan fingerprint density at radius 3 is 2.73 bits per heavy atom. The average Bonchev–Trinajstić information content (AvgIpc) is 2.99. The van der Waals surface area contributed by atoms with E-state index in [4.69, 9.17) is 0 Å². The van der Waals surface area contributed by atoms with Crippen molar-refractivity contribution < 1.29 is 4.79 Å². The number of hydrogen-bond donors (Lipinski definition) is 0. The van der Waals surface area contributed by atoms with Gasteiger partial charge in [-0.2, -0.15) is 0 Å². The lowest BCUT2D eigenvalue weighted by Gasteiger charge is -2.16. The van der Waals surface area contributed by atoms with Gasteiger partial charge in [0.2, 0.25) is 0 Å². The van der Waals surface area contributed by atoms with Gasteiger partial charge in [0.05, 0.1) is 0 Å². The number of benzene rings is 1. The number of anilines is 1. The van der Waals surface area contributed by atoms with Crippen molar-refractivity contribution >= 4 is 27.9 Å². The van der Waals surface area contributed by atoms with Crippen molar-refractivity contribution in [1.82, 2.24) is 9.38 Å². The number of rotatable bonds is 3. The van der Waals surface area contributed by atoms with Crippen LogP contribution in [0.15, 0.2) is 46.7 Å². The number of aryl methyl sites for hydroxylation is 1. The van der Waals surface area contributed by atoms with Crippen molar-refractivity contribution in [3.8, 4) is 0 Å². The molecule has 22 heavy (non-hydrogen) atoms. The number of aromatic nitrogens is 2. The van der Waals surface area contributed by atoms with Crippen LogP contribution in [0.1, 0.15) is 23.0 Å². The van der Waals surface area contributed by atoms with E-state index in [2.05, 4.69) is 4.98 Å². The molecule has 0 unspecified atom stereocenters. The first-order valence-electron chi connectivity index (χ1n) is 6.94. The molecular weight excluding hydrogens is 298 g/mol. The van der Waals surface area contributed by atoms with Gasteiger partial charge in [0.25, 0.3) is 11.5 Å². The second-order valence-electron chi connectivity index (χ2n) is 4.88. The normalized spacial score (nSPS) is 10.8. The monoisotopic (exact) mass is 313 g/mol. The molecule has 6 heteroatoms. The molecule has 0 N–H and O–H groups in total. The van der Waals surface area contributed by atoms with E-state index >= 15 is 0 Å². The average molecular weight is 313 g/mol. The molecule has 0 aliphatic carbocycles. The van der Waals surface area contributed by atoms with Gasteiger partial charge in [-0.15, -0.1) is 11.3 Å². The van der Waals surface area contributed by atoms with Crippen molar-refractivity contribution in [2.24, 2.45) is 0 Å². The molecule has 0 bridgehead atoms. The maximum atomic E-state index is 12.6. The van der Waals surface area contributed by atoms with Gasteiger partial charge in [0, 0.05) is 30.0 Å². The van der Waals surface area contributed by atoms with Gasteiger partial charge in [-0.25, -0.2) is 4.98 Å². The number of carbonyl (C=O) groups excluding carboxylic acids is 1. The Morgan fingerprint density at radius 1 is 1.32 bits per heavy atom. The molecule has 1 amide bonds. The minimum atomic E-state index is -0.355. The van der Waals surface area contributed by atoms with Crippen molar-refractivity contribution in [1.29, 1.82) is 0 Å². The number of thiazole rings is 1. The largest absolute Gasteiger partial charge is 0.311 e. The van der Waals surface area contributed by atoms with Gasteiger partial charge in [-0.1, -0.05) is 25.1 Å². The molecule has 1 aromatic carbocycles. The first-order valence-corrected chi connectivity index (χ1v) is 7.82. The Morgan fingerprint density at radius 2 is 2.05 bits per heavy atom. The lowest BCUT2D eigenvalue weighted by Crippen LogP contribution is -2.33. The van der Waals surface area contributed by atoms with Gasteiger partial charge >= 0.3 is 0 Å². The van der Waals surface area contributed by atoms with E-state index in [1.54, 1.807) is 7.05 Å². The molecular formula is C16H15N3O2S. The highest BCUT2D eigenvalue weighted by atomic mass is 32.1. The summed E-state index contributed by atoms with van der Waals surface area (Å²) in [6.45, 7) is 1.97. The summed E-state index contributed by atoms with van der Waals surface area (Å²) in [5.74, 6) is -0.355. The zero-order valence-electron chi connectivity index (χ0n) is 12.3. The van der Waals surface area contributed by atoms with Crippen LogP contribution >= 0.6 is 11.3 Å². The molecule has 5 nitrogen and oxygen atoms in total. The molecule has 3 rings (SSSR count). The van der Waals surface area contributed by atoms with Crippen LogP contribution < -0.4 is 10.5 Å². The SMILES string of the molecule is CCc1csc2ncc(C(=O)N(C)c3ccccc3)c(=O)n12. The smallest absolute Gasteiger partial charge is 0.271 e. The number of amides is 1. The van der Waals surface area contributed by atoms with Gasteiger partial charge in [-0.05, 0) is 18.6 Å². The zero-order chi connectivity index (χ0) is 15.7. The van der Waals surface area contributed by atoms with Gasteiger partial charge < -0.3 is 4.90 Å². The van der Waals surface area contributed by atoms with E-state index in [1.165, 1.54) is 26.8 Å². The van der Waals surface area contributed by atoms with Crippen LogP contribution in [0.5, 0.6) is 0 Å². The second kappa shape index (κ2) is 5.73. The predicted molar refractivity (Wildman–Crippen MR) is 87.9 cm³/mol. The number of carbonyl (C=O) groups is 1. The molecule has 0 aliphatic heterocycles. The number of hydrogen-bond acceptors (Lipinski definition) is 4. The maximum Gasteiger partial charge on any atom is 0.271 e. The molecule has 112 valence electrons. The fourth-order valence-corrected chi connectivity index (χ4v) is 3.22. The van der Waals surface area contributed by atoms with Crippen LogP contribution in [-0.2, 0) is 6.42 Å². The van der Waals surface area contributed by atoms with Crippen molar-refractivity contribution in [2.45, 2.75) is 13.3 Å². The van der Waals surface area contributed by atoms with Gasteiger partial charge in [0.15, 0.2) is 4.96 Å². The topological polar surface area (TPSA) is 54.7 Å². The first-order chi connectivity index (χ1) is 10.6. The van der Waals surface area contributed by atoms with Crippen LogP contribution in [0.2, 0.25) is 0 Å². The summed E-state index contributed by atoms with van der Waals surface area (Å²) in [4.78, 5) is 31.6. The molecule has 0 atom stereocenters. The summed E-state index contributed by atoms with van der Waals surface area (Å²) >= 11 is 1.40. The quantitative estimate of drug-likeness (QED) is 0.747. The first kappa shape index (κ1) is 14.5. The number of nitrogens with zero attached hydrogens (tertiary/aromatic N) is 3. The molecule has 2 heterocycles. The van der Waals surface area contributed by atoms with Gasteiger partial charge in [0.1, 0.15) is 5.56 Å². The number of para-hydroxylation sites is 1. The third kappa shape index (κ3) is 2.31. The summed E-state index contributed by atoms with van der Waals surface area (Å²) in [5.41, 5.74) is 1.38. The van der Waals surface area contributed by atoms with E-state index in [1.807, 2.05) is 42.6 Å². The number of fused-ring (bicyclic) bond motifs is 1. The second-order valence-corrected chi connectivity index (χ2v) is 5.71. The molecule has 0 fully saturated rings. The third-order valence-corrected chi connectivity index (χ3v) is 4.45. The van der Waals surface area contributed by atoms with E-state index < -0.39 is 0 Å². The van der Waals surface area contributed by atoms with E-state index in [0.717, 1.165) is 11.4 Å². The van der Waals surface area contributed by atoms with Crippen LogP contribution in [-0.4, -0.2) is 22.3 Å². The third-order valence-electron chi connectivity index (χ3n) is 3.56. The Balaban J connectivity index is 2.08. The Labute approximate surface area is 131 Å². The van der Waals surface area contributed by atoms with Crippen LogP contribution in [0.25, 0.3) is 4.96 Å². The summed E-state index contributed by atoms with van der Waals surface area (Å²) in [6.07, 6.45) is 2.09. The summed E-state index contributed by atoms with van der Waals surface area (Å²) in [6, 6.07) is 9.22. The standard InChI is InChI=1S/C16H15N3O2S/c1-3-11-10-22-16-17-9-13(15(21)19(11)16)14(20)18(2)12-7-5-4-6-8-12/h4-10H,3H2,1-2H3.